The maximum Gasteiger partial charge on any atom is 0.242 e. The van der Waals surface area contributed by atoms with Crippen LogP contribution < -0.4 is 10.1 Å². The minimum atomic E-state index is -0.560. The zero-order valence-electron chi connectivity index (χ0n) is 18.7. The van der Waals surface area contributed by atoms with E-state index in [1.165, 1.54) is 11.8 Å². The first kappa shape index (κ1) is 22.5. The number of amides is 1. The van der Waals surface area contributed by atoms with Gasteiger partial charge in [0.15, 0.2) is 0 Å². The van der Waals surface area contributed by atoms with Crippen LogP contribution in [0, 0.1) is 13.8 Å². The fourth-order valence-corrected chi connectivity index (χ4v) is 4.38. The molecular formula is C25H25N5O2S. The largest absolute Gasteiger partial charge is 0.492 e. The molecule has 3 aromatic carbocycles. The summed E-state index contributed by atoms with van der Waals surface area (Å²) >= 11 is 1.29. The molecule has 1 atom stereocenters. The SMILES string of the molecule is CCOc1ccccc1-n1nnnc1SC(C(=O)Nc1cc(C)ccc1C)c1ccccc1. The van der Waals surface area contributed by atoms with Crippen LogP contribution in [0.1, 0.15) is 28.9 Å². The van der Waals surface area contributed by atoms with Crippen LogP contribution in [0.25, 0.3) is 5.69 Å². The highest BCUT2D eigenvalue weighted by Crippen LogP contribution is 2.37. The number of para-hydroxylation sites is 2. The van der Waals surface area contributed by atoms with Crippen molar-refractivity contribution in [3.63, 3.8) is 0 Å². The van der Waals surface area contributed by atoms with Crippen LogP contribution in [0.2, 0.25) is 0 Å². The molecule has 0 saturated carbocycles. The Balaban J connectivity index is 1.68. The number of benzene rings is 3. The molecule has 8 heteroatoms. The Hall–Kier alpha value is -3.65. The van der Waals surface area contributed by atoms with Crippen LogP contribution in [-0.2, 0) is 4.79 Å². The summed E-state index contributed by atoms with van der Waals surface area (Å²) in [5.41, 5.74) is 4.45. The van der Waals surface area contributed by atoms with Gasteiger partial charge in [-0.1, -0.05) is 66.4 Å². The molecule has 0 aliphatic rings. The third kappa shape index (κ3) is 5.23. The van der Waals surface area contributed by atoms with Crippen LogP contribution in [0.4, 0.5) is 5.69 Å². The van der Waals surface area contributed by atoms with Gasteiger partial charge in [-0.25, -0.2) is 0 Å². The number of nitrogens with zero attached hydrogens (tertiary/aromatic N) is 4. The molecule has 33 heavy (non-hydrogen) atoms. The number of rotatable bonds is 8. The Morgan fingerprint density at radius 1 is 1.06 bits per heavy atom. The highest BCUT2D eigenvalue weighted by atomic mass is 32.2. The molecule has 1 aromatic heterocycles. The maximum absolute atomic E-state index is 13.5. The molecule has 1 heterocycles. The van der Waals surface area contributed by atoms with E-state index in [9.17, 15) is 4.79 Å². The lowest BCUT2D eigenvalue weighted by atomic mass is 10.1. The van der Waals surface area contributed by atoms with Gasteiger partial charge in [-0.2, -0.15) is 4.68 Å². The molecular weight excluding hydrogens is 434 g/mol. The first-order valence-electron chi connectivity index (χ1n) is 10.7. The first-order chi connectivity index (χ1) is 16.1. The number of ether oxygens (including phenoxy) is 1. The number of aromatic nitrogens is 4. The summed E-state index contributed by atoms with van der Waals surface area (Å²) in [6.07, 6.45) is 0. The molecule has 0 spiro atoms. The molecule has 0 radical (unpaired) electrons. The molecule has 1 amide bonds. The van der Waals surface area contributed by atoms with Gasteiger partial charge in [-0.05, 0) is 66.1 Å². The lowest BCUT2D eigenvalue weighted by molar-refractivity contribution is -0.115. The van der Waals surface area contributed by atoms with Gasteiger partial charge in [0.25, 0.3) is 0 Å². The van der Waals surface area contributed by atoms with E-state index in [-0.39, 0.29) is 5.91 Å². The van der Waals surface area contributed by atoms with Crippen molar-refractivity contribution in [2.75, 3.05) is 11.9 Å². The zero-order valence-corrected chi connectivity index (χ0v) is 19.5. The smallest absolute Gasteiger partial charge is 0.242 e. The van der Waals surface area contributed by atoms with Gasteiger partial charge in [0.2, 0.25) is 11.1 Å². The first-order valence-corrected chi connectivity index (χ1v) is 11.5. The van der Waals surface area contributed by atoms with E-state index in [0.717, 1.165) is 22.4 Å². The number of aryl methyl sites for hydroxylation is 2. The topological polar surface area (TPSA) is 81.9 Å². The van der Waals surface area contributed by atoms with Crippen LogP contribution in [0.5, 0.6) is 5.75 Å². The number of tetrazole rings is 1. The highest BCUT2D eigenvalue weighted by Gasteiger charge is 2.26. The van der Waals surface area contributed by atoms with Crippen molar-refractivity contribution in [1.82, 2.24) is 20.2 Å². The molecule has 7 nitrogen and oxygen atoms in total. The van der Waals surface area contributed by atoms with E-state index in [2.05, 4.69) is 20.8 Å². The van der Waals surface area contributed by atoms with Gasteiger partial charge in [0.1, 0.15) is 16.7 Å². The van der Waals surface area contributed by atoms with E-state index >= 15 is 0 Å². The second kappa shape index (κ2) is 10.3. The number of thioether (sulfide) groups is 1. The quantitative estimate of drug-likeness (QED) is 0.367. The standard InChI is InChI=1S/C25H25N5O2S/c1-4-32-22-13-9-8-12-21(22)30-25(27-28-29-30)33-23(19-10-6-5-7-11-19)24(31)26-20-16-17(2)14-15-18(20)3/h5-16,23H,4H2,1-3H3,(H,26,31). The summed E-state index contributed by atoms with van der Waals surface area (Å²) in [5.74, 6) is 0.526. The number of carbonyl (C=O) groups is 1. The van der Waals surface area contributed by atoms with Crippen LogP contribution in [0.3, 0.4) is 0 Å². The molecule has 168 valence electrons. The Bertz CT molecular complexity index is 1240. The van der Waals surface area contributed by atoms with Crippen molar-refractivity contribution in [3.05, 3.63) is 89.5 Å². The lowest BCUT2D eigenvalue weighted by Gasteiger charge is -2.18. The molecule has 4 aromatic rings. The molecule has 0 aliphatic heterocycles. The number of carbonyl (C=O) groups excluding carboxylic acids is 1. The van der Waals surface area contributed by atoms with Crippen molar-refractivity contribution in [3.8, 4) is 11.4 Å². The second-order valence-corrected chi connectivity index (χ2v) is 8.56. The van der Waals surface area contributed by atoms with Crippen molar-refractivity contribution in [2.24, 2.45) is 0 Å². The Morgan fingerprint density at radius 3 is 2.61 bits per heavy atom. The summed E-state index contributed by atoms with van der Waals surface area (Å²) in [4.78, 5) is 13.5. The van der Waals surface area contributed by atoms with Gasteiger partial charge in [-0.15, -0.1) is 5.10 Å². The summed E-state index contributed by atoms with van der Waals surface area (Å²) < 4.78 is 7.36. The van der Waals surface area contributed by atoms with E-state index in [1.807, 2.05) is 93.6 Å². The van der Waals surface area contributed by atoms with Crippen LogP contribution in [0.15, 0.2) is 78.0 Å². The third-order valence-corrected chi connectivity index (χ3v) is 6.24. The average molecular weight is 460 g/mol. The van der Waals surface area contributed by atoms with Crippen LogP contribution >= 0.6 is 11.8 Å². The Morgan fingerprint density at radius 2 is 1.82 bits per heavy atom. The van der Waals surface area contributed by atoms with Crippen molar-refractivity contribution in [2.45, 2.75) is 31.2 Å². The van der Waals surface area contributed by atoms with Gasteiger partial charge in [-0.3, -0.25) is 4.79 Å². The van der Waals surface area contributed by atoms with Crippen molar-refractivity contribution in [1.29, 1.82) is 0 Å². The zero-order chi connectivity index (χ0) is 23.2. The lowest BCUT2D eigenvalue weighted by Crippen LogP contribution is -2.20. The summed E-state index contributed by atoms with van der Waals surface area (Å²) in [6, 6.07) is 23.2. The van der Waals surface area contributed by atoms with Gasteiger partial charge >= 0.3 is 0 Å². The average Bonchev–Trinajstić information content (AvgIpc) is 3.29. The van der Waals surface area contributed by atoms with E-state index in [4.69, 9.17) is 4.74 Å². The Labute approximate surface area is 197 Å². The minimum absolute atomic E-state index is 0.146. The number of hydrogen-bond acceptors (Lipinski definition) is 6. The predicted molar refractivity (Wildman–Crippen MR) is 130 cm³/mol. The molecule has 1 N–H and O–H groups in total. The van der Waals surface area contributed by atoms with Gasteiger partial charge in [0, 0.05) is 5.69 Å². The fourth-order valence-electron chi connectivity index (χ4n) is 3.39. The maximum atomic E-state index is 13.5. The molecule has 4 rings (SSSR count). The Kier molecular flexibility index (Phi) is 7.04. The molecule has 0 aliphatic carbocycles. The summed E-state index contributed by atoms with van der Waals surface area (Å²) in [7, 11) is 0. The third-order valence-electron chi connectivity index (χ3n) is 5.05. The normalized spacial score (nSPS) is 11.7. The van der Waals surface area contributed by atoms with Gasteiger partial charge < -0.3 is 10.1 Å². The molecule has 0 fully saturated rings. The highest BCUT2D eigenvalue weighted by molar-refractivity contribution is 8.00. The molecule has 1 unspecified atom stereocenters. The van der Waals surface area contributed by atoms with Crippen molar-refractivity contribution < 1.29 is 9.53 Å². The van der Waals surface area contributed by atoms with Crippen LogP contribution in [-0.4, -0.2) is 32.7 Å². The predicted octanol–water partition coefficient (Wildman–Crippen LogP) is 5.15. The summed E-state index contributed by atoms with van der Waals surface area (Å²) in [6.45, 7) is 6.43. The summed E-state index contributed by atoms with van der Waals surface area (Å²) in [5, 5.41) is 15.3. The minimum Gasteiger partial charge on any atom is -0.492 e. The van der Waals surface area contributed by atoms with Crippen molar-refractivity contribution >= 4 is 23.4 Å². The second-order valence-electron chi connectivity index (χ2n) is 7.49. The number of anilines is 1. The van der Waals surface area contributed by atoms with E-state index in [1.54, 1.807) is 4.68 Å². The number of nitrogens with one attached hydrogen (secondary N) is 1. The monoisotopic (exact) mass is 459 g/mol. The van der Waals surface area contributed by atoms with Gasteiger partial charge in [0.05, 0.1) is 6.61 Å². The van der Waals surface area contributed by atoms with E-state index in [0.29, 0.717) is 23.2 Å². The molecule has 0 saturated heterocycles. The number of hydrogen-bond donors (Lipinski definition) is 1. The van der Waals surface area contributed by atoms with E-state index < -0.39 is 5.25 Å². The fraction of sp³-hybridized carbons (Fsp3) is 0.200. The molecule has 0 bridgehead atoms.